The molecule has 0 spiro atoms. The molecule has 1 saturated carbocycles. The molecular formula is C15H24N2O3. The monoisotopic (exact) mass is 280 g/mol. The van der Waals surface area contributed by atoms with Gasteiger partial charge in [0.25, 0.3) is 0 Å². The van der Waals surface area contributed by atoms with Gasteiger partial charge in [0.05, 0.1) is 0 Å². The van der Waals surface area contributed by atoms with E-state index in [1.807, 2.05) is 0 Å². The quantitative estimate of drug-likeness (QED) is 0.796. The summed E-state index contributed by atoms with van der Waals surface area (Å²) in [7, 11) is 0. The number of carbonyl (C=O) groups is 2. The Bertz CT molecular complexity index is 417. The minimum absolute atomic E-state index is 0.129. The van der Waals surface area contributed by atoms with E-state index >= 15 is 0 Å². The van der Waals surface area contributed by atoms with Crippen molar-refractivity contribution in [2.75, 3.05) is 26.2 Å². The Morgan fingerprint density at radius 2 is 1.50 bits per heavy atom. The van der Waals surface area contributed by atoms with Gasteiger partial charge >= 0.3 is 5.97 Å². The lowest BCUT2D eigenvalue weighted by Gasteiger charge is -2.38. The van der Waals surface area contributed by atoms with Crippen LogP contribution in [-0.4, -0.2) is 59.0 Å². The van der Waals surface area contributed by atoms with Crippen LogP contribution in [0.4, 0.5) is 0 Å². The summed E-state index contributed by atoms with van der Waals surface area (Å²) >= 11 is 0. The molecule has 1 N–H and O–H groups in total. The van der Waals surface area contributed by atoms with E-state index in [4.69, 9.17) is 5.11 Å². The number of hydrogen-bond donors (Lipinski definition) is 1. The molecule has 2 fully saturated rings. The summed E-state index contributed by atoms with van der Waals surface area (Å²) in [4.78, 5) is 27.4. The van der Waals surface area contributed by atoms with Crippen LogP contribution in [0.25, 0.3) is 0 Å². The van der Waals surface area contributed by atoms with Crippen molar-refractivity contribution in [3.05, 3.63) is 11.1 Å². The third kappa shape index (κ3) is 3.20. The van der Waals surface area contributed by atoms with E-state index in [-0.39, 0.29) is 11.5 Å². The maximum atomic E-state index is 12.3. The van der Waals surface area contributed by atoms with Gasteiger partial charge in [0.15, 0.2) is 0 Å². The highest BCUT2D eigenvalue weighted by atomic mass is 16.4. The molecule has 5 heteroatoms. The summed E-state index contributed by atoms with van der Waals surface area (Å²) in [5.41, 5.74) is 0.500. The van der Waals surface area contributed by atoms with E-state index in [1.165, 1.54) is 32.6 Å². The fourth-order valence-corrected chi connectivity index (χ4v) is 3.12. The molecule has 112 valence electrons. The van der Waals surface area contributed by atoms with Gasteiger partial charge in [-0.3, -0.25) is 9.69 Å². The van der Waals surface area contributed by atoms with Crippen LogP contribution in [-0.2, 0) is 9.59 Å². The molecule has 0 radical (unpaired) electrons. The fourth-order valence-electron chi connectivity index (χ4n) is 3.12. The topological polar surface area (TPSA) is 60.9 Å². The molecular weight excluding hydrogens is 256 g/mol. The molecule has 0 aromatic heterocycles. The van der Waals surface area contributed by atoms with E-state index in [2.05, 4.69) is 4.90 Å². The van der Waals surface area contributed by atoms with E-state index in [0.29, 0.717) is 24.7 Å². The van der Waals surface area contributed by atoms with Gasteiger partial charge in [-0.1, -0.05) is 12.8 Å². The van der Waals surface area contributed by atoms with Crippen LogP contribution in [0.3, 0.4) is 0 Å². The van der Waals surface area contributed by atoms with Gasteiger partial charge in [0.1, 0.15) is 0 Å². The smallest absolute Gasteiger partial charge is 0.331 e. The summed E-state index contributed by atoms with van der Waals surface area (Å²) in [5.74, 6) is -1.14. The van der Waals surface area contributed by atoms with Crippen molar-refractivity contribution in [3.8, 4) is 0 Å². The molecule has 1 heterocycles. The highest BCUT2D eigenvalue weighted by Crippen LogP contribution is 2.24. The minimum Gasteiger partial charge on any atom is -0.478 e. The zero-order valence-corrected chi connectivity index (χ0v) is 12.4. The highest BCUT2D eigenvalue weighted by molar-refractivity contribution is 6.01. The number of amides is 1. The van der Waals surface area contributed by atoms with Crippen LogP contribution in [0.1, 0.15) is 39.5 Å². The second-order valence-corrected chi connectivity index (χ2v) is 5.82. The molecule has 2 rings (SSSR count). The molecule has 1 aliphatic carbocycles. The van der Waals surface area contributed by atoms with Crippen molar-refractivity contribution in [2.24, 2.45) is 0 Å². The first-order chi connectivity index (χ1) is 9.50. The highest BCUT2D eigenvalue weighted by Gasteiger charge is 2.28. The Morgan fingerprint density at radius 1 is 0.950 bits per heavy atom. The first-order valence-electron chi connectivity index (χ1n) is 7.45. The van der Waals surface area contributed by atoms with Crippen molar-refractivity contribution in [2.45, 2.75) is 45.6 Å². The molecule has 2 aliphatic rings. The molecule has 0 unspecified atom stereocenters. The third-order valence-corrected chi connectivity index (χ3v) is 4.65. The lowest BCUT2D eigenvalue weighted by molar-refractivity contribution is -0.134. The van der Waals surface area contributed by atoms with Gasteiger partial charge in [0.2, 0.25) is 5.91 Å². The lowest BCUT2D eigenvalue weighted by atomic mass is 10.1. The maximum absolute atomic E-state index is 12.3. The normalized spacial score (nSPS) is 22.8. The van der Waals surface area contributed by atoms with Gasteiger partial charge in [-0.05, 0) is 26.7 Å². The number of carboxylic acids is 1. The van der Waals surface area contributed by atoms with Crippen LogP contribution in [0, 0.1) is 0 Å². The summed E-state index contributed by atoms with van der Waals surface area (Å²) in [6.07, 6.45) is 5.21. The molecule has 0 aromatic rings. The van der Waals surface area contributed by atoms with E-state index in [0.717, 1.165) is 13.1 Å². The number of piperazine rings is 1. The van der Waals surface area contributed by atoms with E-state index < -0.39 is 5.97 Å². The third-order valence-electron chi connectivity index (χ3n) is 4.65. The Morgan fingerprint density at radius 3 is 2.00 bits per heavy atom. The number of nitrogens with zero attached hydrogens (tertiary/aromatic N) is 2. The van der Waals surface area contributed by atoms with Gasteiger partial charge in [-0.2, -0.15) is 0 Å². The standard InChI is InChI=1S/C15H24N2O3/c1-11(12(2)15(19)20)14(18)17-9-7-16(8-10-17)13-5-3-4-6-13/h13H,3-10H2,1-2H3,(H,19,20). The molecule has 0 atom stereocenters. The van der Waals surface area contributed by atoms with Gasteiger partial charge in [-0.15, -0.1) is 0 Å². The Hall–Kier alpha value is -1.36. The lowest BCUT2D eigenvalue weighted by Crippen LogP contribution is -2.51. The predicted molar refractivity (Wildman–Crippen MR) is 76.4 cm³/mol. The molecule has 1 saturated heterocycles. The van der Waals surface area contributed by atoms with Gasteiger partial charge < -0.3 is 10.0 Å². The summed E-state index contributed by atoms with van der Waals surface area (Å²) in [6.45, 7) is 6.34. The molecule has 0 aromatic carbocycles. The summed E-state index contributed by atoms with van der Waals surface area (Å²) in [6, 6.07) is 0.699. The van der Waals surface area contributed by atoms with Gasteiger partial charge in [-0.25, -0.2) is 4.79 Å². The molecule has 1 amide bonds. The van der Waals surface area contributed by atoms with Crippen molar-refractivity contribution < 1.29 is 14.7 Å². The number of carbonyl (C=O) groups excluding carboxylic acids is 1. The average Bonchev–Trinajstić information content (AvgIpc) is 2.99. The van der Waals surface area contributed by atoms with Gasteiger partial charge in [0, 0.05) is 43.4 Å². The average molecular weight is 280 g/mol. The molecule has 5 nitrogen and oxygen atoms in total. The SMILES string of the molecule is CC(C(=O)O)=C(C)C(=O)N1CCN(C2CCCC2)CC1. The largest absolute Gasteiger partial charge is 0.478 e. The van der Waals surface area contributed by atoms with E-state index in [9.17, 15) is 9.59 Å². The summed E-state index contributed by atoms with van der Waals surface area (Å²) in [5, 5.41) is 8.95. The number of hydrogen-bond acceptors (Lipinski definition) is 3. The van der Waals surface area contributed by atoms with Crippen LogP contribution >= 0.6 is 0 Å². The number of aliphatic carboxylic acids is 1. The van der Waals surface area contributed by atoms with Crippen LogP contribution in [0.15, 0.2) is 11.1 Å². The summed E-state index contributed by atoms with van der Waals surface area (Å²) < 4.78 is 0. The van der Waals surface area contributed by atoms with Crippen LogP contribution in [0.5, 0.6) is 0 Å². The minimum atomic E-state index is -1.01. The van der Waals surface area contributed by atoms with Crippen LogP contribution < -0.4 is 0 Å². The Kier molecular flexibility index (Phi) is 4.81. The molecule has 0 bridgehead atoms. The van der Waals surface area contributed by atoms with Crippen molar-refractivity contribution in [3.63, 3.8) is 0 Å². The van der Waals surface area contributed by atoms with Crippen molar-refractivity contribution in [1.82, 2.24) is 9.80 Å². The van der Waals surface area contributed by atoms with E-state index in [1.54, 1.807) is 11.8 Å². The fraction of sp³-hybridized carbons (Fsp3) is 0.733. The predicted octanol–water partition coefficient (Wildman–Crippen LogP) is 1.49. The zero-order valence-electron chi connectivity index (χ0n) is 12.4. The number of rotatable bonds is 3. The Labute approximate surface area is 120 Å². The van der Waals surface area contributed by atoms with Crippen molar-refractivity contribution >= 4 is 11.9 Å². The Balaban J connectivity index is 1.91. The zero-order chi connectivity index (χ0) is 14.7. The molecule has 1 aliphatic heterocycles. The first-order valence-corrected chi connectivity index (χ1v) is 7.45. The maximum Gasteiger partial charge on any atom is 0.331 e. The first kappa shape index (κ1) is 15.0. The molecule has 20 heavy (non-hydrogen) atoms. The second kappa shape index (κ2) is 6.39. The van der Waals surface area contributed by atoms with Crippen molar-refractivity contribution in [1.29, 1.82) is 0 Å². The second-order valence-electron chi connectivity index (χ2n) is 5.82. The van der Waals surface area contributed by atoms with Crippen LogP contribution in [0.2, 0.25) is 0 Å². The number of carboxylic acid groups (broad SMARTS) is 1.